The van der Waals surface area contributed by atoms with Crippen LogP contribution in [0.25, 0.3) is 0 Å². The molecule has 1 aliphatic heterocycles. The molecule has 0 radical (unpaired) electrons. The van der Waals surface area contributed by atoms with E-state index in [0.29, 0.717) is 18.8 Å². The van der Waals surface area contributed by atoms with Gasteiger partial charge in [-0.15, -0.1) is 0 Å². The number of esters is 1. The number of anilines is 2. The van der Waals surface area contributed by atoms with Gasteiger partial charge in [0, 0.05) is 11.9 Å². The first-order valence-corrected chi connectivity index (χ1v) is 7.70. The van der Waals surface area contributed by atoms with Crippen LogP contribution in [0.15, 0.2) is 42.6 Å². The zero-order chi connectivity index (χ0) is 17.6. The third kappa shape index (κ3) is 4.23. The highest BCUT2D eigenvalue weighted by molar-refractivity contribution is 5.95. The summed E-state index contributed by atoms with van der Waals surface area (Å²) in [5, 5.41) is 2.90. The van der Waals surface area contributed by atoms with Crippen LogP contribution in [0.4, 0.5) is 20.7 Å². The Bertz CT molecular complexity index is 784. The third-order valence-corrected chi connectivity index (χ3v) is 3.55. The van der Waals surface area contributed by atoms with E-state index >= 15 is 0 Å². The summed E-state index contributed by atoms with van der Waals surface area (Å²) in [6, 6.07) is 8.98. The quantitative estimate of drug-likeness (QED) is 0.811. The number of benzene rings is 1. The van der Waals surface area contributed by atoms with Gasteiger partial charge >= 0.3 is 12.1 Å². The van der Waals surface area contributed by atoms with Crippen molar-refractivity contribution >= 4 is 23.6 Å². The number of rotatable bonds is 6. The number of cyclic esters (lactones) is 1. The molecule has 1 N–H and O–H groups in total. The van der Waals surface area contributed by atoms with Gasteiger partial charge in [0.1, 0.15) is 30.4 Å². The van der Waals surface area contributed by atoms with E-state index in [2.05, 4.69) is 10.3 Å². The van der Waals surface area contributed by atoms with E-state index < -0.39 is 17.9 Å². The molecule has 130 valence electrons. The van der Waals surface area contributed by atoms with Crippen molar-refractivity contribution in [1.82, 2.24) is 9.88 Å². The number of carbonyl (C=O) groups excluding carboxylic acids is 2. The molecule has 0 aliphatic carbocycles. The SMILES string of the molecule is O=C(OCCN1CCOC1=O)c1cccnc1Nc1cccc(F)c1. The van der Waals surface area contributed by atoms with Crippen LogP contribution in [0.1, 0.15) is 10.4 Å². The minimum Gasteiger partial charge on any atom is -0.460 e. The molecule has 0 bridgehead atoms. The van der Waals surface area contributed by atoms with Crippen LogP contribution >= 0.6 is 0 Å². The standard InChI is InChI=1S/C17H16FN3O4/c18-12-3-1-4-13(11-12)20-15-14(5-2-6-19-15)16(22)24-9-7-21-8-10-25-17(21)23/h1-6,11H,7-10H2,(H,19,20). The topological polar surface area (TPSA) is 80.8 Å². The molecule has 2 aromatic rings. The molecule has 1 amide bonds. The smallest absolute Gasteiger partial charge is 0.410 e. The molecule has 0 atom stereocenters. The number of ether oxygens (including phenoxy) is 2. The zero-order valence-electron chi connectivity index (χ0n) is 13.3. The van der Waals surface area contributed by atoms with Crippen LogP contribution in [0.5, 0.6) is 0 Å². The lowest BCUT2D eigenvalue weighted by Crippen LogP contribution is -2.29. The number of pyridine rings is 1. The molecule has 2 heterocycles. The van der Waals surface area contributed by atoms with Crippen LogP contribution in [0.2, 0.25) is 0 Å². The summed E-state index contributed by atoms with van der Waals surface area (Å²) < 4.78 is 23.3. The minimum absolute atomic E-state index is 0.0439. The first-order valence-electron chi connectivity index (χ1n) is 7.70. The van der Waals surface area contributed by atoms with Gasteiger partial charge in [-0.3, -0.25) is 0 Å². The normalized spacial score (nSPS) is 13.5. The maximum Gasteiger partial charge on any atom is 0.410 e. The van der Waals surface area contributed by atoms with Crippen molar-refractivity contribution < 1.29 is 23.5 Å². The summed E-state index contributed by atoms with van der Waals surface area (Å²) >= 11 is 0. The van der Waals surface area contributed by atoms with Gasteiger partial charge in [0.15, 0.2) is 0 Å². The molecule has 0 unspecified atom stereocenters. The summed E-state index contributed by atoms with van der Waals surface area (Å²) in [6.07, 6.45) is 1.10. The minimum atomic E-state index is -0.584. The number of nitrogens with one attached hydrogen (secondary N) is 1. The fraction of sp³-hybridized carbons (Fsp3) is 0.235. The van der Waals surface area contributed by atoms with Gasteiger partial charge in [-0.05, 0) is 30.3 Å². The highest BCUT2D eigenvalue weighted by Gasteiger charge is 2.22. The van der Waals surface area contributed by atoms with E-state index in [0.717, 1.165) is 0 Å². The summed E-state index contributed by atoms with van der Waals surface area (Å²) in [5.41, 5.74) is 0.684. The van der Waals surface area contributed by atoms with E-state index in [4.69, 9.17) is 9.47 Å². The van der Waals surface area contributed by atoms with Crippen molar-refractivity contribution in [3.8, 4) is 0 Å². The molecule has 1 aromatic heterocycles. The molecule has 0 saturated carbocycles. The van der Waals surface area contributed by atoms with Crippen molar-refractivity contribution in [3.05, 3.63) is 54.0 Å². The van der Waals surface area contributed by atoms with Crippen LogP contribution in [0, 0.1) is 5.82 Å². The van der Waals surface area contributed by atoms with Crippen LogP contribution in [0.3, 0.4) is 0 Å². The van der Waals surface area contributed by atoms with Crippen molar-refractivity contribution in [1.29, 1.82) is 0 Å². The second-order valence-electron chi connectivity index (χ2n) is 5.27. The Morgan fingerprint density at radius 1 is 1.36 bits per heavy atom. The van der Waals surface area contributed by atoms with E-state index in [9.17, 15) is 14.0 Å². The first-order chi connectivity index (χ1) is 12.1. The van der Waals surface area contributed by atoms with Crippen LogP contribution in [-0.2, 0) is 9.47 Å². The average Bonchev–Trinajstić information content (AvgIpc) is 3.00. The molecule has 1 aromatic carbocycles. The first kappa shape index (κ1) is 16.7. The second-order valence-corrected chi connectivity index (χ2v) is 5.27. The molecule has 8 heteroatoms. The molecule has 25 heavy (non-hydrogen) atoms. The molecule has 3 rings (SSSR count). The number of carbonyl (C=O) groups is 2. The molecular weight excluding hydrogens is 329 g/mol. The summed E-state index contributed by atoms with van der Waals surface area (Å²) in [5.74, 6) is -0.721. The largest absolute Gasteiger partial charge is 0.460 e. The Balaban J connectivity index is 1.63. The van der Waals surface area contributed by atoms with Crippen molar-refractivity contribution in [2.45, 2.75) is 0 Å². The Morgan fingerprint density at radius 3 is 3.00 bits per heavy atom. The van der Waals surface area contributed by atoms with Gasteiger partial charge in [0.05, 0.1) is 13.1 Å². The Labute approximate surface area is 143 Å². The van der Waals surface area contributed by atoms with E-state index in [1.165, 1.54) is 23.2 Å². The van der Waals surface area contributed by atoms with Gasteiger partial charge in [0.2, 0.25) is 0 Å². The van der Waals surface area contributed by atoms with E-state index in [1.54, 1.807) is 24.3 Å². The van der Waals surface area contributed by atoms with E-state index in [1.807, 2.05) is 0 Å². The van der Waals surface area contributed by atoms with Gasteiger partial charge in [-0.25, -0.2) is 19.0 Å². The fourth-order valence-electron chi connectivity index (χ4n) is 2.33. The maximum absolute atomic E-state index is 13.3. The second kappa shape index (κ2) is 7.61. The van der Waals surface area contributed by atoms with Crippen LogP contribution < -0.4 is 5.32 Å². The number of hydrogen-bond donors (Lipinski definition) is 1. The number of aromatic nitrogens is 1. The predicted molar refractivity (Wildman–Crippen MR) is 87.1 cm³/mol. The Morgan fingerprint density at radius 2 is 2.24 bits per heavy atom. The molecule has 7 nitrogen and oxygen atoms in total. The Hall–Kier alpha value is -3.16. The zero-order valence-corrected chi connectivity index (χ0v) is 13.3. The van der Waals surface area contributed by atoms with E-state index in [-0.39, 0.29) is 24.5 Å². The predicted octanol–water partition coefficient (Wildman–Crippen LogP) is 2.57. The molecule has 0 spiro atoms. The number of hydrogen-bond acceptors (Lipinski definition) is 6. The molecular formula is C17H16FN3O4. The number of halogens is 1. The monoisotopic (exact) mass is 345 g/mol. The van der Waals surface area contributed by atoms with Crippen molar-refractivity contribution in [3.63, 3.8) is 0 Å². The maximum atomic E-state index is 13.3. The van der Waals surface area contributed by atoms with Gasteiger partial charge in [-0.2, -0.15) is 0 Å². The lowest BCUT2D eigenvalue weighted by atomic mass is 10.2. The lowest BCUT2D eigenvalue weighted by molar-refractivity contribution is 0.0478. The van der Waals surface area contributed by atoms with Crippen molar-refractivity contribution in [2.24, 2.45) is 0 Å². The summed E-state index contributed by atoms with van der Waals surface area (Å²) in [6.45, 7) is 1.13. The van der Waals surface area contributed by atoms with Gasteiger partial charge in [0.25, 0.3) is 0 Å². The summed E-state index contributed by atoms with van der Waals surface area (Å²) in [4.78, 5) is 29.1. The lowest BCUT2D eigenvalue weighted by Gasteiger charge is -2.14. The van der Waals surface area contributed by atoms with Crippen molar-refractivity contribution in [2.75, 3.05) is 31.6 Å². The number of amides is 1. The summed E-state index contributed by atoms with van der Waals surface area (Å²) in [7, 11) is 0. The average molecular weight is 345 g/mol. The highest BCUT2D eigenvalue weighted by Crippen LogP contribution is 2.19. The molecule has 1 fully saturated rings. The Kier molecular flexibility index (Phi) is 5.08. The number of nitrogens with zero attached hydrogens (tertiary/aromatic N) is 2. The van der Waals surface area contributed by atoms with Gasteiger partial charge in [-0.1, -0.05) is 6.07 Å². The van der Waals surface area contributed by atoms with Crippen LogP contribution in [-0.4, -0.2) is 48.2 Å². The highest BCUT2D eigenvalue weighted by atomic mass is 19.1. The third-order valence-electron chi connectivity index (χ3n) is 3.55. The molecule has 1 saturated heterocycles. The van der Waals surface area contributed by atoms with Gasteiger partial charge < -0.3 is 19.7 Å². The molecule has 1 aliphatic rings. The fourth-order valence-corrected chi connectivity index (χ4v) is 2.33.